The Morgan fingerprint density at radius 1 is 1.44 bits per heavy atom. The fourth-order valence-corrected chi connectivity index (χ4v) is 2.32. The molecule has 1 aromatic carbocycles. The third kappa shape index (κ3) is 3.13. The minimum Gasteiger partial charge on any atom is -0.478 e. The molecule has 3 nitrogen and oxygen atoms in total. The number of aromatic carboxylic acids is 1. The number of aryl methyl sites for hydroxylation is 1. The Balaban J connectivity index is 1.91. The summed E-state index contributed by atoms with van der Waals surface area (Å²) in [5, 5.41) is 12.3. The Labute approximate surface area is 108 Å². The lowest BCUT2D eigenvalue weighted by atomic mass is 10.1. The van der Waals surface area contributed by atoms with E-state index in [0.29, 0.717) is 5.56 Å². The number of hydrogen-bond donors (Lipinski definition) is 2. The molecule has 0 bridgehead atoms. The van der Waals surface area contributed by atoms with Crippen molar-refractivity contribution in [2.75, 3.05) is 11.9 Å². The second-order valence-electron chi connectivity index (χ2n) is 4.77. The Hall–Kier alpha value is -1.77. The van der Waals surface area contributed by atoms with E-state index in [1.807, 2.05) is 13.0 Å². The molecule has 0 heterocycles. The second kappa shape index (κ2) is 5.71. The molecule has 0 atom stereocenters. The molecular formula is C15H19NO2. The van der Waals surface area contributed by atoms with Crippen LogP contribution in [-0.4, -0.2) is 17.6 Å². The van der Waals surface area contributed by atoms with Crippen LogP contribution >= 0.6 is 0 Å². The highest BCUT2D eigenvalue weighted by atomic mass is 16.4. The number of allylic oxidation sites excluding steroid dienone is 1. The molecule has 18 heavy (non-hydrogen) atoms. The summed E-state index contributed by atoms with van der Waals surface area (Å²) in [5.41, 5.74) is 3.90. The Morgan fingerprint density at radius 2 is 2.28 bits per heavy atom. The molecule has 0 saturated carbocycles. The summed E-state index contributed by atoms with van der Waals surface area (Å²) < 4.78 is 0. The lowest BCUT2D eigenvalue weighted by molar-refractivity contribution is 0.0697. The van der Waals surface area contributed by atoms with Crippen molar-refractivity contribution >= 4 is 11.7 Å². The Morgan fingerprint density at radius 3 is 2.89 bits per heavy atom. The normalized spacial score (nSPS) is 14.4. The number of carboxylic acids is 1. The zero-order valence-electron chi connectivity index (χ0n) is 10.7. The van der Waals surface area contributed by atoms with Gasteiger partial charge in [0.2, 0.25) is 0 Å². The van der Waals surface area contributed by atoms with Crippen molar-refractivity contribution in [1.29, 1.82) is 0 Å². The quantitative estimate of drug-likeness (QED) is 0.779. The fraction of sp³-hybridized carbons (Fsp3) is 0.400. The van der Waals surface area contributed by atoms with Gasteiger partial charge in [-0.15, -0.1) is 0 Å². The van der Waals surface area contributed by atoms with E-state index in [1.165, 1.54) is 19.3 Å². The van der Waals surface area contributed by atoms with Gasteiger partial charge in [-0.05, 0) is 56.4 Å². The lowest BCUT2D eigenvalue weighted by Gasteiger charge is -2.10. The standard InChI is InChI=1S/C15H19NO2/c1-11-10-13(15(17)18)6-7-14(11)16-9-8-12-4-2-3-5-12/h4,6-7,10,16H,2-3,5,8-9H2,1H3,(H,17,18). The number of carboxylic acid groups (broad SMARTS) is 1. The number of anilines is 1. The van der Waals surface area contributed by atoms with Gasteiger partial charge in [0.05, 0.1) is 5.56 Å². The van der Waals surface area contributed by atoms with Gasteiger partial charge in [-0.3, -0.25) is 0 Å². The zero-order valence-corrected chi connectivity index (χ0v) is 10.7. The first-order chi connectivity index (χ1) is 8.66. The molecule has 2 rings (SSSR count). The summed E-state index contributed by atoms with van der Waals surface area (Å²) in [7, 11) is 0. The molecule has 0 saturated heterocycles. The van der Waals surface area contributed by atoms with E-state index in [-0.39, 0.29) is 0 Å². The van der Waals surface area contributed by atoms with Gasteiger partial charge in [0.1, 0.15) is 0 Å². The van der Waals surface area contributed by atoms with Crippen LogP contribution in [0.3, 0.4) is 0 Å². The zero-order chi connectivity index (χ0) is 13.0. The van der Waals surface area contributed by atoms with E-state index < -0.39 is 5.97 Å². The fourth-order valence-electron chi connectivity index (χ4n) is 2.32. The van der Waals surface area contributed by atoms with Crippen LogP contribution in [0.2, 0.25) is 0 Å². The van der Waals surface area contributed by atoms with Crippen LogP contribution in [-0.2, 0) is 0 Å². The molecule has 1 aliphatic carbocycles. The SMILES string of the molecule is Cc1cc(C(=O)O)ccc1NCCC1=CCCC1. The van der Waals surface area contributed by atoms with Crippen molar-refractivity contribution in [1.82, 2.24) is 0 Å². The smallest absolute Gasteiger partial charge is 0.335 e. The van der Waals surface area contributed by atoms with E-state index in [1.54, 1.807) is 17.7 Å². The van der Waals surface area contributed by atoms with Crippen molar-refractivity contribution < 1.29 is 9.90 Å². The van der Waals surface area contributed by atoms with E-state index >= 15 is 0 Å². The van der Waals surface area contributed by atoms with Crippen LogP contribution in [0.4, 0.5) is 5.69 Å². The van der Waals surface area contributed by atoms with Gasteiger partial charge in [0.15, 0.2) is 0 Å². The summed E-state index contributed by atoms with van der Waals surface area (Å²) in [6.45, 7) is 2.85. The third-order valence-electron chi connectivity index (χ3n) is 3.37. The highest BCUT2D eigenvalue weighted by Gasteiger charge is 2.06. The van der Waals surface area contributed by atoms with Crippen molar-refractivity contribution in [3.05, 3.63) is 41.0 Å². The first-order valence-corrected chi connectivity index (χ1v) is 6.42. The summed E-state index contributed by atoms with van der Waals surface area (Å²) in [6, 6.07) is 5.20. The average molecular weight is 245 g/mol. The van der Waals surface area contributed by atoms with Crippen molar-refractivity contribution in [2.24, 2.45) is 0 Å². The van der Waals surface area contributed by atoms with Crippen molar-refractivity contribution in [3.8, 4) is 0 Å². The number of carbonyl (C=O) groups is 1. The predicted octanol–water partition coefficient (Wildman–Crippen LogP) is 3.61. The number of nitrogens with one attached hydrogen (secondary N) is 1. The molecule has 0 spiro atoms. The van der Waals surface area contributed by atoms with Gasteiger partial charge in [0, 0.05) is 12.2 Å². The number of benzene rings is 1. The molecule has 96 valence electrons. The Kier molecular flexibility index (Phi) is 4.03. The minimum atomic E-state index is -0.874. The molecule has 2 N–H and O–H groups in total. The largest absolute Gasteiger partial charge is 0.478 e. The molecule has 1 aliphatic rings. The number of rotatable bonds is 5. The van der Waals surface area contributed by atoms with Gasteiger partial charge >= 0.3 is 5.97 Å². The molecule has 1 aromatic rings. The first kappa shape index (κ1) is 12.7. The molecule has 0 unspecified atom stereocenters. The minimum absolute atomic E-state index is 0.344. The third-order valence-corrected chi connectivity index (χ3v) is 3.37. The highest BCUT2D eigenvalue weighted by Crippen LogP contribution is 2.21. The molecule has 3 heteroatoms. The van der Waals surface area contributed by atoms with Crippen LogP contribution in [0.5, 0.6) is 0 Å². The molecule has 0 aromatic heterocycles. The van der Waals surface area contributed by atoms with Crippen LogP contribution in [0.1, 0.15) is 41.6 Å². The van der Waals surface area contributed by atoms with Crippen LogP contribution in [0, 0.1) is 6.92 Å². The van der Waals surface area contributed by atoms with Crippen molar-refractivity contribution in [2.45, 2.75) is 32.6 Å². The van der Waals surface area contributed by atoms with E-state index in [9.17, 15) is 4.79 Å². The summed E-state index contributed by atoms with van der Waals surface area (Å²) in [6.07, 6.45) is 7.17. The average Bonchev–Trinajstić information content (AvgIpc) is 2.84. The van der Waals surface area contributed by atoms with Gasteiger partial charge < -0.3 is 10.4 Å². The van der Waals surface area contributed by atoms with E-state index in [2.05, 4.69) is 11.4 Å². The Bertz CT molecular complexity index is 477. The van der Waals surface area contributed by atoms with E-state index in [4.69, 9.17) is 5.11 Å². The van der Waals surface area contributed by atoms with E-state index in [0.717, 1.165) is 24.2 Å². The highest BCUT2D eigenvalue weighted by molar-refractivity contribution is 5.88. The van der Waals surface area contributed by atoms with Gasteiger partial charge in [-0.2, -0.15) is 0 Å². The maximum Gasteiger partial charge on any atom is 0.335 e. The summed E-state index contributed by atoms with van der Waals surface area (Å²) in [4.78, 5) is 10.8. The van der Waals surface area contributed by atoms with Gasteiger partial charge in [-0.25, -0.2) is 4.79 Å². The molecule has 0 amide bonds. The van der Waals surface area contributed by atoms with Crippen LogP contribution in [0.25, 0.3) is 0 Å². The predicted molar refractivity (Wildman–Crippen MR) is 73.2 cm³/mol. The lowest BCUT2D eigenvalue weighted by Crippen LogP contribution is -2.05. The second-order valence-corrected chi connectivity index (χ2v) is 4.77. The summed E-state index contributed by atoms with van der Waals surface area (Å²) >= 11 is 0. The van der Waals surface area contributed by atoms with Crippen LogP contribution < -0.4 is 5.32 Å². The van der Waals surface area contributed by atoms with Crippen molar-refractivity contribution in [3.63, 3.8) is 0 Å². The van der Waals surface area contributed by atoms with Gasteiger partial charge in [-0.1, -0.05) is 11.6 Å². The van der Waals surface area contributed by atoms with Gasteiger partial charge in [0.25, 0.3) is 0 Å². The number of hydrogen-bond acceptors (Lipinski definition) is 2. The maximum absolute atomic E-state index is 10.8. The topological polar surface area (TPSA) is 49.3 Å². The molecule has 0 radical (unpaired) electrons. The summed E-state index contributed by atoms with van der Waals surface area (Å²) in [5.74, 6) is -0.874. The molecular weight excluding hydrogens is 226 g/mol. The molecule has 0 fully saturated rings. The molecule has 0 aliphatic heterocycles. The first-order valence-electron chi connectivity index (χ1n) is 6.42. The monoisotopic (exact) mass is 245 g/mol. The van der Waals surface area contributed by atoms with Crippen LogP contribution in [0.15, 0.2) is 29.8 Å². The maximum atomic E-state index is 10.8.